The number of hydrogen-bond acceptors (Lipinski definition) is 8. The Morgan fingerprint density at radius 3 is 2.17 bits per heavy atom. The zero-order valence-electron chi connectivity index (χ0n) is 25.2. The van der Waals surface area contributed by atoms with Crippen molar-refractivity contribution in [2.45, 2.75) is 52.6 Å². The highest BCUT2D eigenvalue weighted by molar-refractivity contribution is 6.36. The third-order valence-corrected chi connectivity index (χ3v) is 8.37. The molecule has 0 amide bonds. The molecule has 0 atom stereocenters. The zero-order valence-corrected chi connectivity index (χ0v) is 26.0. The Labute approximate surface area is 250 Å². The number of nitrogens with zero attached hydrogens (tertiary/aromatic N) is 7. The molecule has 2 saturated heterocycles. The van der Waals surface area contributed by atoms with Crippen LogP contribution in [-0.4, -0.2) is 85.8 Å². The number of piperazine rings is 1. The number of rotatable bonds is 4. The van der Waals surface area contributed by atoms with Gasteiger partial charge < -0.3 is 19.4 Å². The van der Waals surface area contributed by atoms with E-state index in [1.807, 2.05) is 12.1 Å². The largest absolute Gasteiger partial charge is 0.467 e. The fourth-order valence-corrected chi connectivity index (χ4v) is 6.09. The SMILES string of the molecule is CC#N.CN1CCCC1.COc1nc2c(c(N3CCN(C(C)C)CC3)n1)CCN(c1cccc3cccc(Cl)c13)C2. The Kier molecular flexibility index (Phi) is 11.0. The minimum atomic E-state index is 0.447. The van der Waals surface area contributed by atoms with Gasteiger partial charge in [0, 0.05) is 62.3 Å². The van der Waals surface area contributed by atoms with Crippen molar-refractivity contribution in [3.05, 3.63) is 52.7 Å². The van der Waals surface area contributed by atoms with Crippen LogP contribution < -0.4 is 14.5 Å². The molecule has 41 heavy (non-hydrogen) atoms. The quantitative estimate of drug-likeness (QED) is 0.395. The van der Waals surface area contributed by atoms with Crippen molar-refractivity contribution in [2.75, 3.05) is 69.8 Å². The molecular formula is C32H44ClN7O. The highest BCUT2D eigenvalue weighted by Crippen LogP contribution is 2.37. The van der Waals surface area contributed by atoms with E-state index in [0.717, 1.165) is 78.7 Å². The Balaban J connectivity index is 0.000000372. The fraction of sp³-hybridized carbons (Fsp3) is 0.531. The topological polar surface area (TPSA) is 71.8 Å². The molecule has 0 aliphatic carbocycles. The summed E-state index contributed by atoms with van der Waals surface area (Å²) in [6.07, 6.45) is 3.73. The van der Waals surface area contributed by atoms with Crippen LogP contribution in [0.3, 0.4) is 0 Å². The summed E-state index contributed by atoms with van der Waals surface area (Å²) in [4.78, 5) is 19.2. The van der Waals surface area contributed by atoms with Crippen molar-refractivity contribution >= 4 is 33.9 Å². The lowest BCUT2D eigenvalue weighted by Gasteiger charge is -2.39. The summed E-state index contributed by atoms with van der Waals surface area (Å²) in [5.74, 6) is 1.05. The highest BCUT2D eigenvalue weighted by Gasteiger charge is 2.28. The maximum atomic E-state index is 7.32. The summed E-state index contributed by atoms with van der Waals surface area (Å²) in [7, 11) is 3.82. The average molecular weight is 578 g/mol. The van der Waals surface area contributed by atoms with Gasteiger partial charge in [-0.25, -0.2) is 0 Å². The van der Waals surface area contributed by atoms with Gasteiger partial charge in [-0.3, -0.25) is 4.90 Å². The zero-order chi connectivity index (χ0) is 29.4. The van der Waals surface area contributed by atoms with Gasteiger partial charge in [-0.1, -0.05) is 35.9 Å². The van der Waals surface area contributed by atoms with Gasteiger partial charge in [-0.05, 0) is 70.8 Å². The first-order valence-corrected chi connectivity index (χ1v) is 15.1. The second-order valence-electron chi connectivity index (χ2n) is 11.1. The fourth-order valence-electron chi connectivity index (χ4n) is 5.81. The average Bonchev–Trinajstić information content (AvgIpc) is 3.47. The van der Waals surface area contributed by atoms with Crippen LogP contribution in [0.25, 0.3) is 10.8 Å². The van der Waals surface area contributed by atoms with Crippen LogP contribution in [-0.2, 0) is 13.0 Å². The van der Waals surface area contributed by atoms with Crippen LogP contribution in [0.15, 0.2) is 36.4 Å². The smallest absolute Gasteiger partial charge is 0.318 e. The third kappa shape index (κ3) is 7.59. The van der Waals surface area contributed by atoms with Crippen LogP contribution in [0.5, 0.6) is 6.01 Å². The lowest BCUT2D eigenvalue weighted by Crippen LogP contribution is -2.49. The lowest BCUT2D eigenvalue weighted by atomic mass is 10.0. The molecule has 8 nitrogen and oxygen atoms in total. The van der Waals surface area contributed by atoms with Gasteiger partial charge in [0.25, 0.3) is 0 Å². The van der Waals surface area contributed by atoms with Gasteiger partial charge in [0.1, 0.15) is 5.82 Å². The molecule has 0 radical (unpaired) electrons. The summed E-state index contributed by atoms with van der Waals surface area (Å²) in [6.45, 7) is 14.3. The Bertz CT molecular complexity index is 1320. The van der Waals surface area contributed by atoms with Gasteiger partial charge in [-0.15, -0.1) is 0 Å². The number of likely N-dealkylation sites (tertiary alicyclic amines) is 1. The van der Waals surface area contributed by atoms with E-state index in [4.69, 9.17) is 31.6 Å². The van der Waals surface area contributed by atoms with Gasteiger partial charge in [-0.2, -0.15) is 15.2 Å². The summed E-state index contributed by atoms with van der Waals surface area (Å²) in [6, 6.07) is 15.2. The first-order valence-electron chi connectivity index (χ1n) is 14.7. The van der Waals surface area contributed by atoms with E-state index in [-0.39, 0.29) is 0 Å². The van der Waals surface area contributed by atoms with Crippen molar-refractivity contribution in [1.82, 2.24) is 19.8 Å². The molecule has 0 bridgehead atoms. The van der Waals surface area contributed by atoms with Gasteiger partial charge in [0.15, 0.2) is 0 Å². The molecule has 3 aliphatic rings. The first kappa shape index (κ1) is 30.8. The van der Waals surface area contributed by atoms with Crippen LogP contribution >= 0.6 is 11.6 Å². The lowest BCUT2D eigenvalue weighted by molar-refractivity contribution is 0.208. The molecule has 6 rings (SSSR count). The van der Waals surface area contributed by atoms with E-state index < -0.39 is 0 Å². The molecule has 3 aliphatic heterocycles. The predicted octanol–water partition coefficient (Wildman–Crippen LogP) is 5.63. The highest BCUT2D eigenvalue weighted by atomic mass is 35.5. The molecule has 220 valence electrons. The number of aromatic nitrogens is 2. The van der Waals surface area contributed by atoms with E-state index in [2.05, 4.69) is 64.8 Å². The number of anilines is 2. The number of hydrogen-bond donors (Lipinski definition) is 0. The van der Waals surface area contributed by atoms with Gasteiger partial charge in [0.05, 0.1) is 30.4 Å². The maximum Gasteiger partial charge on any atom is 0.318 e. The maximum absolute atomic E-state index is 7.32. The van der Waals surface area contributed by atoms with Gasteiger partial charge in [0.2, 0.25) is 0 Å². The van der Waals surface area contributed by atoms with E-state index in [1.54, 1.807) is 13.2 Å². The van der Waals surface area contributed by atoms with Crippen molar-refractivity contribution in [2.24, 2.45) is 0 Å². The predicted molar refractivity (Wildman–Crippen MR) is 169 cm³/mol. The van der Waals surface area contributed by atoms with Gasteiger partial charge >= 0.3 is 6.01 Å². The van der Waals surface area contributed by atoms with Crippen molar-refractivity contribution in [3.8, 4) is 12.1 Å². The normalized spacial score (nSPS) is 17.3. The van der Waals surface area contributed by atoms with Crippen molar-refractivity contribution < 1.29 is 4.74 Å². The van der Waals surface area contributed by atoms with E-state index in [9.17, 15) is 0 Å². The number of ether oxygens (including phenoxy) is 1. The Morgan fingerprint density at radius 1 is 0.927 bits per heavy atom. The molecular weight excluding hydrogens is 534 g/mol. The summed E-state index contributed by atoms with van der Waals surface area (Å²) in [5.41, 5.74) is 3.46. The number of methoxy groups -OCH3 is 1. The minimum absolute atomic E-state index is 0.447. The van der Waals surface area contributed by atoms with E-state index in [0.29, 0.717) is 12.1 Å². The Hall–Kier alpha value is -3.12. The second-order valence-corrected chi connectivity index (χ2v) is 11.5. The molecule has 0 spiro atoms. The summed E-state index contributed by atoms with van der Waals surface area (Å²) in [5, 5.41) is 10.4. The number of nitriles is 1. The molecule has 4 heterocycles. The van der Waals surface area contributed by atoms with E-state index >= 15 is 0 Å². The molecule has 2 aromatic carbocycles. The molecule has 2 fully saturated rings. The summed E-state index contributed by atoms with van der Waals surface area (Å²) < 4.78 is 5.50. The molecule has 3 aromatic rings. The van der Waals surface area contributed by atoms with Crippen LogP contribution in [0.4, 0.5) is 11.5 Å². The summed E-state index contributed by atoms with van der Waals surface area (Å²) >= 11 is 6.61. The molecule has 0 saturated carbocycles. The van der Waals surface area contributed by atoms with Crippen molar-refractivity contribution in [1.29, 1.82) is 5.26 Å². The number of halogens is 1. The molecule has 1 aromatic heterocycles. The monoisotopic (exact) mass is 577 g/mol. The molecule has 0 unspecified atom stereocenters. The van der Waals surface area contributed by atoms with Crippen LogP contribution in [0.1, 0.15) is 44.9 Å². The molecule has 9 heteroatoms. The standard InChI is InChI=1S/C25H30ClN5O.C5H11N.C2H3N/c1-17(2)29-12-14-30(15-13-29)24-19-10-11-31(16-21(19)27-25(28-24)32-3)22-9-5-7-18-6-4-8-20(26)23(18)22;1-6-4-2-3-5-6;1-2-3/h4-9,17H,10-16H2,1-3H3;2-5H2,1H3;1H3. The minimum Gasteiger partial charge on any atom is -0.467 e. The second kappa shape index (κ2) is 14.7. The first-order chi connectivity index (χ1) is 19.9. The third-order valence-electron chi connectivity index (χ3n) is 8.05. The molecule has 0 N–H and O–H groups in total. The Morgan fingerprint density at radius 2 is 1.59 bits per heavy atom. The number of fused-ring (bicyclic) bond motifs is 2. The van der Waals surface area contributed by atoms with Crippen LogP contribution in [0, 0.1) is 11.3 Å². The van der Waals surface area contributed by atoms with Crippen LogP contribution in [0.2, 0.25) is 5.02 Å². The number of benzene rings is 2. The van der Waals surface area contributed by atoms with E-state index in [1.165, 1.54) is 38.4 Å². The van der Waals surface area contributed by atoms with Crippen molar-refractivity contribution in [3.63, 3.8) is 0 Å².